The van der Waals surface area contributed by atoms with Crippen molar-refractivity contribution in [3.63, 3.8) is 0 Å². The Kier molecular flexibility index (Phi) is 19.6. The molecular formula is C59H57ClO18S4. The molecule has 0 N–H and O–H groups in total. The van der Waals surface area contributed by atoms with E-state index in [-0.39, 0.29) is 50.8 Å². The van der Waals surface area contributed by atoms with Gasteiger partial charge in [0.15, 0.2) is 23.0 Å². The summed E-state index contributed by atoms with van der Waals surface area (Å²) in [6.07, 6.45) is 3.75. The van der Waals surface area contributed by atoms with Gasteiger partial charge in [0.2, 0.25) is 0 Å². The van der Waals surface area contributed by atoms with Gasteiger partial charge in [-0.05, 0) is 107 Å². The van der Waals surface area contributed by atoms with Crippen molar-refractivity contribution in [1.82, 2.24) is 0 Å². The Bertz CT molecular complexity index is 3770. The second kappa shape index (κ2) is 26.2. The maximum atomic E-state index is 12.4. The number of hydrogen-bond acceptors (Lipinski definition) is 18. The number of hydrogen-bond donors (Lipinski definition) is 0. The molecule has 0 aliphatic rings. The lowest BCUT2D eigenvalue weighted by Crippen LogP contribution is -2.09. The molecule has 0 amide bonds. The summed E-state index contributed by atoms with van der Waals surface area (Å²) >= 11 is 6.58. The Morgan fingerprint density at radius 2 is 0.720 bits per heavy atom. The minimum Gasteiger partial charge on any atom is -0.496 e. The fraction of sp³-hybridized carbons (Fsp3) is 0.186. The number of methoxy groups -OCH3 is 4. The van der Waals surface area contributed by atoms with Crippen LogP contribution in [0.15, 0.2) is 158 Å². The highest BCUT2D eigenvalue weighted by Gasteiger charge is 2.29. The van der Waals surface area contributed by atoms with Gasteiger partial charge in [-0.25, -0.2) is 0 Å². The average Bonchev–Trinajstić information content (AvgIpc) is 3.07. The van der Waals surface area contributed by atoms with Crippen LogP contribution in [0, 0.1) is 6.92 Å². The van der Waals surface area contributed by atoms with E-state index >= 15 is 0 Å². The van der Waals surface area contributed by atoms with Gasteiger partial charge in [-0.3, -0.25) is 0 Å². The van der Waals surface area contributed by atoms with E-state index in [2.05, 4.69) is 0 Å². The van der Waals surface area contributed by atoms with Crippen LogP contribution in [0.2, 0.25) is 5.02 Å². The molecular weight excluding hydrogens is 1160 g/mol. The van der Waals surface area contributed by atoms with Crippen molar-refractivity contribution in [2.75, 3.05) is 53.5 Å². The summed E-state index contributed by atoms with van der Waals surface area (Å²) in [5, 5.41) is 0.287. The first-order chi connectivity index (χ1) is 38.8. The SMILES string of the molecule is COc1cc(-c2ccc(OS(C)(=O)=O)cc2)c(OC)c(OS(C)(=O)=O)c1-c1ccc(OCc2ccccc2)c(C)c1.COc1cc(-c2ccc(OS(C)(=O)=O)cc2)c(OC)c(OS(C)(=O)=O)c1-c1ccc(OCc2ccccc2)c(Cl)c1. The van der Waals surface area contributed by atoms with Crippen LogP contribution in [0.1, 0.15) is 16.7 Å². The molecule has 0 saturated heterocycles. The van der Waals surface area contributed by atoms with Crippen LogP contribution >= 0.6 is 11.6 Å². The van der Waals surface area contributed by atoms with Crippen molar-refractivity contribution in [2.24, 2.45) is 0 Å². The molecule has 432 valence electrons. The number of benzene rings is 8. The van der Waals surface area contributed by atoms with E-state index < -0.39 is 40.5 Å². The molecule has 18 nitrogen and oxygen atoms in total. The lowest BCUT2D eigenvalue weighted by molar-refractivity contribution is 0.304. The van der Waals surface area contributed by atoms with E-state index in [0.29, 0.717) is 69.4 Å². The smallest absolute Gasteiger partial charge is 0.306 e. The van der Waals surface area contributed by atoms with Crippen molar-refractivity contribution in [3.8, 4) is 102 Å². The molecule has 0 fully saturated rings. The second-order valence-corrected chi connectivity index (χ2v) is 24.8. The summed E-state index contributed by atoms with van der Waals surface area (Å²) in [6, 6.07) is 45.5. The van der Waals surface area contributed by atoms with E-state index in [0.717, 1.165) is 41.7 Å². The standard InChI is InChI=1S/C30H30O9S2.C29H27ClO9S2/c1-20-17-23(13-16-26(20)37-19-21-9-7-6-8-10-21)28-27(35-2)18-25(29(36-3)30(28)39-41(5,33)34)22-11-14-24(15-12-22)38-40(4,31)32;1-35-26-17-23(20-10-13-22(14-11-20)38-40(3,31)32)28(36-2)29(39-41(4,33)34)27(26)21-12-15-25(24(30)16-21)37-18-19-8-6-5-7-9-19/h6-18H,19H2,1-5H3;5-17H,18H2,1-4H3. The average molecular weight is 1220 g/mol. The Morgan fingerprint density at radius 3 is 1.06 bits per heavy atom. The van der Waals surface area contributed by atoms with Crippen molar-refractivity contribution in [2.45, 2.75) is 20.1 Å². The minimum atomic E-state index is -4.03. The van der Waals surface area contributed by atoms with Gasteiger partial charge in [-0.15, -0.1) is 0 Å². The highest BCUT2D eigenvalue weighted by molar-refractivity contribution is 7.87. The summed E-state index contributed by atoms with van der Waals surface area (Å²) in [4.78, 5) is 0. The number of halogens is 1. The van der Waals surface area contributed by atoms with Crippen molar-refractivity contribution in [1.29, 1.82) is 0 Å². The molecule has 0 bridgehead atoms. The quantitative estimate of drug-likeness (QED) is 0.0574. The third kappa shape index (κ3) is 16.5. The Hall–Kier alpha value is -8.15. The lowest BCUT2D eigenvalue weighted by Gasteiger charge is -2.21. The highest BCUT2D eigenvalue weighted by atomic mass is 35.5. The molecule has 0 saturated carbocycles. The van der Waals surface area contributed by atoms with Crippen LogP contribution in [-0.4, -0.2) is 87.1 Å². The fourth-order valence-corrected chi connectivity index (χ4v) is 10.4. The summed E-state index contributed by atoms with van der Waals surface area (Å²) < 4.78 is 151. The molecule has 0 unspecified atom stereocenters. The van der Waals surface area contributed by atoms with Crippen LogP contribution in [0.3, 0.4) is 0 Å². The molecule has 8 aromatic carbocycles. The molecule has 0 aliphatic heterocycles. The molecule has 0 heterocycles. The summed E-state index contributed by atoms with van der Waals surface area (Å²) in [7, 11) is -9.78. The zero-order valence-corrected chi connectivity index (χ0v) is 49.8. The van der Waals surface area contributed by atoms with Gasteiger partial charge in [0.05, 0.1) is 69.6 Å². The highest BCUT2D eigenvalue weighted by Crippen LogP contribution is 2.53. The van der Waals surface area contributed by atoms with Gasteiger partial charge >= 0.3 is 40.5 Å². The van der Waals surface area contributed by atoms with E-state index in [4.69, 9.17) is 56.8 Å². The Labute approximate surface area is 483 Å². The molecule has 0 spiro atoms. The first-order valence-corrected chi connectivity index (χ1v) is 32.0. The van der Waals surface area contributed by atoms with Gasteiger partial charge in [-0.2, -0.15) is 33.7 Å². The summed E-state index contributed by atoms with van der Waals surface area (Å²) in [6.45, 7) is 2.59. The van der Waals surface area contributed by atoms with Crippen LogP contribution in [-0.2, 0) is 53.7 Å². The molecule has 23 heteroatoms. The lowest BCUT2D eigenvalue weighted by atomic mass is 9.95. The maximum Gasteiger partial charge on any atom is 0.306 e. The summed E-state index contributed by atoms with van der Waals surface area (Å²) in [5.41, 5.74) is 6.57. The van der Waals surface area contributed by atoms with Crippen LogP contribution in [0.4, 0.5) is 0 Å². The predicted octanol–water partition coefficient (Wildman–Crippen LogP) is 11.5. The van der Waals surface area contributed by atoms with E-state index in [1.165, 1.54) is 52.7 Å². The Balaban J connectivity index is 0.000000236. The molecule has 82 heavy (non-hydrogen) atoms. The van der Waals surface area contributed by atoms with E-state index in [1.54, 1.807) is 66.7 Å². The predicted molar refractivity (Wildman–Crippen MR) is 314 cm³/mol. The van der Waals surface area contributed by atoms with Gasteiger partial charge in [0.1, 0.15) is 47.7 Å². The largest absolute Gasteiger partial charge is 0.496 e. The molecule has 0 radical (unpaired) electrons. The fourth-order valence-electron chi connectivity index (χ4n) is 8.34. The maximum absolute atomic E-state index is 12.4. The third-order valence-corrected chi connectivity index (χ3v) is 13.9. The number of ether oxygens (including phenoxy) is 6. The molecule has 0 atom stereocenters. The van der Waals surface area contributed by atoms with Crippen LogP contribution < -0.4 is 45.2 Å². The summed E-state index contributed by atoms with van der Waals surface area (Å²) in [5.74, 6) is 2.00. The first-order valence-electron chi connectivity index (χ1n) is 24.4. The normalized spacial score (nSPS) is 11.5. The molecule has 0 aromatic heterocycles. The first kappa shape index (κ1) is 61.5. The van der Waals surface area contributed by atoms with Crippen molar-refractivity contribution < 1.29 is 78.8 Å². The number of aryl methyl sites for hydroxylation is 1. The van der Waals surface area contributed by atoms with Gasteiger partial charge in [-0.1, -0.05) is 109 Å². The topological polar surface area (TPSA) is 229 Å². The van der Waals surface area contributed by atoms with E-state index in [9.17, 15) is 33.7 Å². The van der Waals surface area contributed by atoms with E-state index in [1.807, 2.05) is 73.7 Å². The monoisotopic (exact) mass is 1220 g/mol. The molecule has 8 rings (SSSR count). The zero-order valence-electron chi connectivity index (χ0n) is 45.8. The van der Waals surface area contributed by atoms with Gasteiger partial charge < -0.3 is 45.2 Å². The van der Waals surface area contributed by atoms with Gasteiger partial charge in [0.25, 0.3) is 0 Å². The molecule has 8 aromatic rings. The third-order valence-electron chi connectivity index (χ3n) is 11.7. The van der Waals surface area contributed by atoms with Crippen LogP contribution in [0.5, 0.6) is 57.5 Å². The van der Waals surface area contributed by atoms with Gasteiger partial charge in [0, 0.05) is 11.1 Å². The van der Waals surface area contributed by atoms with Crippen molar-refractivity contribution in [3.05, 3.63) is 179 Å². The second-order valence-electron chi connectivity index (χ2n) is 18.1. The van der Waals surface area contributed by atoms with Crippen molar-refractivity contribution >= 4 is 52.1 Å². The number of rotatable bonds is 22. The molecule has 0 aliphatic carbocycles. The Morgan fingerprint density at radius 1 is 0.366 bits per heavy atom. The zero-order chi connectivity index (χ0) is 59.6. The van der Waals surface area contributed by atoms with Crippen LogP contribution in [0.25, 0.3) is 44.5 Å². The minimum absolute atomic E-state index is 0.0573.